The summed E-state index contributed by atoms with van der Waals surface area (Å²) in [6, 6.07) is 54.9. The van der Waals surface area contributed by atoms with Gasteiger partial charge in [0.2, 0.25) is 0 Å². The third kappa shape index (κ3) is 9.11. The van der Waals surface area contributed by atoms with Gasteiger partial charge in [0.25, 0.3) is 0 Å². The molecule has 0 saturated heterocycles. The number of aromatic nitrogens is 4. The van der Waals surface area contributed by atoms with Crippen LogP contribution in [0.5, 0.6) is 0 Å². The molecule has 8 rings (SSSR count). The molecule has 0 fully saturated rings. The zero-order valence-electron chi connectivity index (χ0n) is 30.4. The molecule has 5 heteroatoms. The molecule has 0 bridgehead atoms. The van der Waals surface area contributed by atoms with Crippen molar-refractivity contribution in [1.29, 1.82) is 0 Å². The van der Waals surface area contributed by atoms with Crippen LogP contribution in [0.15, 0.2) is 140 Å². The van der Waals surface area contributed by atoms with Crippen LogP contribution in [0.2, 0.25) is 0 Å². The Bertz CT molecular complexity index is 2340. The van der Waals surface area contributed by atoms with Gasteiger partial charge in [-0.15, -0.1) is 90.0 Å². The number of benzene rings is 4. The summed E-state index contributed by atoms with van der Waals surface area (Å²) in [5, 5.41) is 2.56. The minimum absolute atomic E-state index is 0. The Morgan fingerprint density at radius 2 is 1.38 bits per heavy atom. The molecule has 0 N–H and O–H groups in total. The first kappa shape index (κ1) is 37.9. The first-order valence-electron chi connectivity index (χ1n) is 17.3. The van der Waals surface area contributed by atoms with E-state index in [4.69, 9.17) is 0 Å². The van der Waals surface area contributed by atoms with Gasteiger partial charge in [0, 0.05) is 51.1 Å². The van der Waals surface area contributed by atoms with E-state index in [1.165, 1.54) is 27.4 Å². The molecule has 0 unspecified atom stereocenters. The van der Waals surface area contributed by atoms with Crippen molar-refractivity contribution in [3.63, 3.8) is 0 Å². The summed E-state index contributed by atoms with van der Waals surface area (Å²) in [5.74, 6) is 0.592. The van der Waals surface area contributed by atoms with E-state index in [2.05, 4.69) is 109 Å². The van der Waals surface area contributed by atoms with E-state index in [0.29, 0.717) is 5.92 Å². The van der Waals surface area contributed by atoms with Gasteiger partial charge in [-0.05, 0) is 72.7 Å². The predicted molar refractivity (Wildman–Crippen MR) is 211 cm³/mol. The molecule has 0 aliphatic heterocycles. The van der Waals surface area contributed by atoms with Crippen LogP contribution in [0.1, 0.15) is 30.8 Å². The van der Waals surface area contributed by atoms with E-state index < -0.39 is 0 Å². The van der Waals surface area contributed by atoms with E-state index in [9.17, 15) is 0 Å². The fraction of sp³-hybridized carbons (Fsp3) is 0.149. The van der Waals surface area contributed by atoms with Crippen molar-refractivity contribution in [2.75, 3.05) is 0 Å². The van der Waals surface area contributed by atoms with Crippen LogP contribution in [0.25, 0.3) is 55.6 Å². The first-order valence-corrected chi connectivity index (χ1v) is 17.3. The number of fused-ring (bicyclic) bond motifs is 3. The zero-order chi connectivity index (χ0) is 35.7. The standard InChI is InChI=1S/C22H21N2.C13H12N.C12H10N.Ir/c1-15(2)14-24-21-7-5-4-6-18(21)19-10-9-17(12-22(19)24)20-11-8-16(3)13-23-20;1-11-7-6-10-13(14(11)2)12-8-4-3-5-9-12;1-10-6-5-9-12(13-10)11-7-3-2-4-8-11;/h4-8,10-13,15H,14H2,1-3H3;3-8,10H,2H2,1H3;2-7,9H,1H3;/q3*-1;. The Balaban J connectivity index is 0.000000160. The van der Waals surface area contributed by atoms with Crippen LogP contribution < -0.4 is 4.57 Å². The average Bonchev–Trinajstić information content (AvgIpc) is 3.46. The molecule has 0 atom stereocenters. The van der Waals surface area contributed by atoms with Crippen LogP contribution in [-0.4, -0.2) is 14.5 Å². The van der Waals surface area contributed by atoms with Gasteiger partial charge in [-0.25, -0.2) is 0 Å². The SMILES string of the molecule is Cc1ccc(-c2[c-]cc3c4ccccc4n(CC(C)C)c3c2)nc1.Cc1cccc(-c2[c-]cccc2)n1.[CH2-][n+]1c(C)cccc1-c1[c-]cccc1.[Ir]. The largest absolute Gasteiger partial charge is 0.358 e. The molecule has 0 aliphatic rings. The maximum absolute atomic E-state index is 4.56. The monoisotopic (exact) mass is 856 g/mol. The maximum atomic E-state index is 4.56. The summed E-state index contributed by atoms with van der Waals surface area (Å²) in [5.41, 5.74) is 12.1. The Morgan fingerprint density at radius 3 is 2.06 bits per heavy atom. The number of hydrogen-bond acceptors (Lipinski definition) is 2. The number of nitrogens with zero attached hydrogens (tertiary/aromatic N) is 4. The number of pyridine rings is 3. The molecule has 1 radical (unpaired) electrons. The smallest absolute Gasteiger partial charge is 0.115 e. The summed E-state index contributed by atoms with van der Waals surface area (Å²) in [6.07, 6.45) is 1.91. The van der Waals surface area contributed by atoms with Crippen LogP contribution in [-0.2, 0) is 26.7 Å². The second-order valence-corrected chi connectivity index (χ2v) is 13.1. The molecule has 263 valence electrons. The van der Waals surface area contributed by atoms with Crippen molar-refractivity contribution in [1.82, 2.24) is 14.5 Å². The van der Waals surface area contributed by atoms with Gasteiger partial charge in [-0.2, -0.15) is 0 Å². The summed E-state index contributed by atoms with van der Waals surface area (Å²) in [7, 11) is 3.99. The zero-order valence-corrected chi connectivity index (χ0v) is 32.8. The van der Waals surface area contributed by atoms with Crippen molar-refractivity contribution in [2.24, 2.45) is 5.92 Å². The van der Waals surface area contributed by atoms with Gasteiger partial charge < -0.3 is 19.1 Å². The average molecular weight is 856 g/mol. The summed E-state index contributed by atoms with van der Waals surface area (Å²) >= 11 is 0. The Morgan fingerprint density at radius 1 is 0.673 bits per heavy atom. The molecular formula is C47H43IrN4-3. The van der Waals surface area contributed by atoms with E-state index in [1.54, 1.807) is 0 Å². The van der Waals surface area contributed by atoms with E-state index in [1.807, 2.05) is 110 Å². The molecule has 4 aromatic heterocycles. The Labute approximate surface area is 322 Å². The first-order chi connectivity index (χ1) is 24.8. The van der Waals surface area contributed by atoms with Gasteiger partial charge in [0.05, 0.1) is 5.69 Å². The molecule has 4 aromatic carbocycles. The molecule has 0 amide bonds. The number of para-hydroxylation sites is 1. The second-order valence-electron chi connectivity index (χ2n) is 13.1. The topological polar surface area (TPSA) is 34.6 Å². The molecular weight excluding hydrogens is 813 g/mol. The molecule has 0 spiro atoms. The van der Waals surface area contributed by atoms with Gasteiger partial charge in [0.1, 0.15) is 5.69 Å². The minimum atomic E-state index is 0. The Kier molecular flexibility index (Phi) is 12.9. The fourth-order valence-electron chi connectivity index (χ4n) is 6.00. The van der Waals surface area contributed by atoms with Crippen molar-refractivity contribution in [3.05, 3.63) is 182 Å². The summed E-state index contributed by atoms with van der Waals surface area (Å²) < 4.78 is 4.35. The van der Waals surface area contributed by atoms with Crippen molar-refractivity contribution in [3.8, 4) is 33.8 Å². The third-order valence-corrected chi connectivity index (χ3v) is 8.61. The molecule has 8 aromatic rings. The van der Waals surface area contributed by atoms with E-state index in [0.717, 1.165) is 51.7 Å². The summed E-state index contributed by atoms with van der Waals surface area (Å²) in [4.78, 5) is 8.97. The number of rotatable bonds is 5. The van der Waals surface area contributed by atoms with Gasteiger partial charge in [-0.1, -0.05) is 79.4 Å². The molecule has 0 saturated carbocycles. The van der Waals surface area contributed by atoms with Crippen LogP contribution >= 0.6 is 0 Å². The van der Waals surface area contributed by atoms with Crippen molar-refractivity contribution in [2.45, 2.75) is 41.2 Å². The van der Waals surface area contributed by atoms with Gasteiger partial charge >= 0.3 is 0 Å². The van der Waals surface area contributed by atoms with Gasteiger partial charge in [-0.3, -0.25) is 0 Å². The molecule has 4 heterocycles. The third-order valence-electron chi connectivity index (χ3n) is 8.61. The minimum Gasteiger partial charge on any atom is -0.358 e. The van der Waals surface area contributed by atoms with Crippen molar-refractivity contribution < 1.29 is 24.7 Å². The maximum Gasteiger partial charge on any atom is 0.115 e. The summed E-state index contributed by atoms with van der Waals surface area (Å²) in [6.45, 7) is 11.6. The fourth-order valence-corrected chi connectivity index (χ4v) is 6.00. The normalized spacial score (nSPS) is 10.6. The second kappa shape index (κ2) is 17.7. The van der Waals surface area contributed by atoms with Crippen molar-refractivity contribution >= 4 is 21.8 Å². The number of hydrogen-bond donors (Lipinski definition) is 0. The van der Waals surface area contributed by atoms with Crippen LogP contribution in [0.4, 0.5) is 0 Å². The van der Waals surface area contributed by atoms with Crippen LogP contribution in [0.3, 0.4) is 0 Å². The van der Waals surface area contributed by atoms with E-state index >= 15 is 0 Å². The van der Waals surface area contributed by atoms with Gasteiger partial charge in [0.15, 0.2) is 0 Å². The van der Waals surface area contributed by atoms with Crippen LogP contribution in [0, 0.1) is 51.9 Å². The molecule has 0 aliphatic carbocycles. The molecule has 4 nitrogen and oxygen atoms in total. The molecule has 52 heavy (non-hydrogen) atoms. The Hall–Kier alpha value is -5.35. The number of aryl methyl sites for hydroxylation is 3. The quantitative estimate of drug-likeness (QED) is 0.128. The predicted octanol–water partition coefficient (Wildman–Crippen LogP) is 10.9. The van der Waals surface area contributed by atoms with E-state index in [-0.39, 0.29) is 20.1 Å².